The Labute approximate surface area is 110 Å². The maximum atomic E-state index is 5.72. The van der Waals surface area contributed by atoms with E-state index in [1.165, 1.54) is 0 Å². The molecule has 1 N–H and O–H groups in total. The van der Waals surface area contributed by atoms with E-state index in [4.69, 9.17) is 4.74 Å². The summed E-state index contributed by atoms with van der Waals surface area (Å²) in [5, 5.41) is 3.36. The van der Waals surface area contributed by atoms with Gasteiger partial charge in [-0.3, -0.25) is 4.98 Å². The molecule has 0 aliphatic carbocycles. The van der Waals surface area contributed by atoms with Crippen LogP contribution in [0.15, 0.2) is 12.1 Å². The SMILES string of the molecule is CC#CCCOc1ccc(C)nc1CNC(C)C. The van der Waals surface area contributed by atoms with Crippen molar-refractivity contribution in [1.29, 1.82) is 0 Å². The average Bonchev–Trinajstić information content (AvgIpc) is 2.34. The number of hydrogen-bond acceptors (Lipinski definition) is 3. The van der Waals surface area contributed by atoms with E-state index in [0.717, 1.165) is 30.1 Å². The second-order valence-corrected chi connectivity index (χ2v) is 4.46. The van der Waals surface area contributed by atoms with Crippen molar-refractivity contribution in [2.45, 2.75) is 46.7 Å². The number of hydrogen-bond donors (Lipinski definition) is 1. The van der Waals surface area contributed by atoms with Crippen LogP contribution in [-0.2, 0) is 6.54 Å². The van der Waals surface area contributed by atoms with Crippen molar-refractivity contribution in [2.75, 3.05) is 6.61 Å². The molecule has 1 heterocycles. The van der Waals surface area contributed by atoms with E-state index in [1.54, 1.807) is 0 Å². The summed E-state index contributed by atoms with van der Waals surface area (Å²) in [6.45, 7) is 9.41. The summed E-state index contributed by atoms with van der Waals surface area (Å²) in [7, 11) is 0. The van der Waals surface area contributed by atoms with Crippen LogP contribution in [0, 0.1) is 18.8 Å². The number of ether oxygens (including phenoxy) is 1. The molecule has 0 amide bonds. The second-order valence-electron chi connectivity index (χ2n) is 4.46. The molecule has 0 saturated heterocycles. The molecule has 1 rings (SSSR count). The molecule has 3 nitrogen and oxygen atoms in total. The molecular formula is C15H22N2O. The summed E-state index contributed by atoms with van der Waals surface area (Å²) in [5.74, 6) is 6.70. The van der Waals surface area contributed by atoms with Gasteiger partial charge in [-0.2, -0.15) is 0 Å². The smallest absolute Gasteiger partial charge is 0.142 e. The van der Waals surface area contributed by atoms with Gasteiger partial charge in [0.2, 0.25) is 0 Å². The predicted molar refractivity (Wildman–Crippen MR) is 74.5 cm³/mol. The van der Waals surface area contributed by atoms with E-state index >= 15 is 0 Å². The minimum absolute atomic E-state index is 0.436. The van der Waals surface area contributed by atoms with Gasteiger partial charge in [-0.25, -0.2) is 0 Å². The summed E-state index contributed by atoms with van der Waals surface area (Å²) in [6, 6.07) is 4.39. The molecule has 0 fully saturated rings. The molecule has 1 aromatic rings. The number of pyridine rings is 1. The summed E-state index contributed by atoms with van der Waals surface area (Å²) < 4.78 is 5.72. The van der Waals surface area contributed by atoms with Gasteiger partial charge in [0.1, 0.15) is 5.75 Å². The quantitative estimate of drug-likeness (QED) is 0.619. The normalized spacial score (nSPS) is 10.1. The molecule has 0 unspecified atom stereocenters. The van der Waals surface area contributed by atoms with Crippen molar-refractivity contribution in [3.8, 4) is 17.6 Å². The molecule has 0 spiro atoms. The van der Waals surface area contributed by atoms with Crippen LogP contribution in [0.1, 0.15) is 38.6 Å². The largest absolute Gasteiger partial charge is 0.491 e. The van der Waals surface area contributed by atoms with Crippen LogP contribution in [0.5, 0.6) is 5.75 Å². The Hall–Kier alpha value is -1.53. The average molecular weight is 246 g/mol. The first-order valence-electron chi connectivity index (χ1n) is 6.35. The highest BCUT2D eigenvalue weighted by molar-refractivity contribution is 5.29. The van der Waals surface area contributed by atoms with Gasteiger partial charge in [0.05, 0.1) is 12.3 Å². The minimum Gasteiger partial charge on any atom is -0.491 e. The van der Waals surface area contributed by atoms with E-state index in [2.05, 4.69) is 36.0 Å². The van der Waals surface area contributed by atoms with E-state index in [0.29, 0.717) is 12.6 Å². The van der Waals surface area contributed by atoms with E-state index in [1.807, 2.05) is 26.0 Å². The fraction of sp³-hybridized carbons (Fsp3) is 0.533. The highest BCUT2D eigenvalue weighted by Gasteiger charge is 2.06. The summed E-state index contributed by atoms with van der Waals surface area (Å²) in [5.41, 5.74) is 1.98. The van der Waals surface area contributed by atoms with Crippen LogP contribution < -0.4 is 10.1 Å². The van der Waals surface area contributed by atoms with Gasteiger partial charge in [0.25, 0.3) is 0 Å². The Bertz CT molecular complexity index is 430. The fourth-order valence-corrected chi connectivity index (χ4v) is 1.49. The van der Waals surface area contributed by atoms with Crippen LogP contribution in [-0.4, -0.2) is 17.6 Å². The van der Waals surface area contributed by atoms with Gasteiger partial charge >= 0.3 is 0 Å². The fourth-order valence-electron chi connectivity index (χ4n) is 1.49. The lowest BCUT2D eigenvalue weighted by molar-refractivity contribution is 0.320. The van der Waals surface area contributed by atoms with E-state index < -0.39 is 0 Å². The molecule has 0 atom stereocenters. The second kappa shape index (κ2) is 7.73. The van der Waals surface area contributed by atoms with Crippen LogP contribution >= 0.6 is 0 Å². The molecule has 0 aromatic carbocycles. The predicted octanol–water partition coefficient (Wildman–Crippen LogP) is 2.68. The Kier molecular flexibility index (Phi) is 6.24. The lowest BCUT2D eigenvalue weighted by atomic mass is 10.2. The van der Waals surface area contributed by atoms with Gasteiger partial charge in [-0.15, -0.1) is 11.8 Å². The highest BCUT2D eigenvalue weighted by Crippen LogP contribution is 2.17. The van der Waals surface area contributed by atoms with Crippen molar-refractivity contribution < 1.29 is 4.74 Å². The Morgan fingerprint density at radius 2 is 2.17 bits per heavy atom. The molecule has 0 radical (unpaired) electrons. The van der Waals surface area contributed by atoms with Crippen LogP contribution in [0.25, 0.3) is 0 Å². The van der Waals surface area contributed by atoms with E-state index in [-0.39, 0.29) is 0 Å². The monoisotopic (exact) mass is 246 g/mol. The summed E-state index contributed by atoms with van der Waals surface area (Å²) in [4.78, 5) is 4.52. The molecule has 0 aliphatic rings. The van der Waals surface area contributed by atoms with Crippen LogP contribution in [0.4, 0.5) is 0 Å². The zero-order chi connectivity index (χ0) is 13.4. The van der Waals surface area contributed by atoms with Gasteiger partial charge in [-0.05, 0) is 26.0 Å². The standard InChI is InChI=1S/C15H22N2O/c1-5-6-7-10-18-15-9-8-13(4)17-14(15)11-16-12(2)3/h8-9,12,16H,7,10-11H2,1-4H3. The Morgan fingerprint density at radius 1 is 1.39 bits per heavy atom. The summed E-state index contributed by atoms with van der Waals surface area (Å²) >= 11 is 0. The van der Waals surface area contributed by atoms with Crippen molar-refractivity contribution in [2.24, 2.45) is 0 Å². The maximum absolute atomic E-state index is 5.72. The topological polar surface area (TPSA) is 34.1 Å². The molecule has 18 heavy (non-hydrogen) atoms. The molecule has 1 aromatic heterocycles. The number of rotatable bonds is 6. The van der Waals surface area contributed by atoms with Crippen LogP contribution in [0.3, 0.4) is 0 Å². The maximum Gasteiger partial charge on any atom is 0.142 e. The first-order chi connectivity index (χ1) is 8.63. The number of nitrogens with one attached hydrogen (secondary N) is 1. The number of nitrogens with zero attached hydrogens (tertiary/aromatic N) is 1. The van der Waals surface area contributed by atoms with Crippen molar-refractivity contribution in [3.63, 3.8) is 0 Å². The van der Waals surface area contributed by atoms with Gasteiger partial charge in [-0.1, -0.05) is 13.8 Å². The van der Waals surface area contributed by atoms with Crippen molar-refractivity contribution >= 4 is 0 Å². The number of aryl methyl sites for hydroxylation is 1. The molecule has 0 saturated carbocycles. The molecule has 98 valence electrons. The first kappa shape index (κ1) is 14.5. The third-order valence-electron chi connectivity index (χ3n) is 2.41. The minimum atomic E-state index is 0.436. The zero-order valence-corrected chi connectivity index (χ0v) is 11.7. The Morgan fingerprint density at radius 3 is 2.83 bits per heavy atom. The van der Waals surface area contributed by atoms with Gasteiger partial charge < -0.3 is 10.1 Å². The van der Waals surface area contributed by atoms with Crippen molar-refractivity contribution in [1.82, 2.24) is 10.3 Å². The van der Waals surface area contributed by atoms with Gasteiger partial charge in [0, 0.05) is 24.7 Å². The lowest BCUT2D eigenvalue weighted by Gasteiger charge is -2.13. The van der Waals surface area contributed by atoms with Crippen molar-refractivity contribution in [3.05, 3.63) is 23.5 Å². The molecular weight excluding hydrogens is 224 g/mol. The van der Waals surface area contributed by atoms with E-state index in [9.17, 15) is 0 Å². The highest BCUT2D eigenvalue weighted by atomic mass is 16.5. The molecule has 0 aliphatic heterocycles. The zero-order valence-electron chi connectivity index (χ0n) is 11.7. The third kappa shape index (κ3) is 5.20. The third-order valence-corrected chi connectivity index (χ3v) is 2.41. The molecule has 3 heteroatoms. The first-order valence-corrected chi connectivity index (χ1v) is 6.35. The number of aromatic nitrogens is 1. The van der Waals surface area contributed by atoms with Gasteiger partial charge in [0.15, 0.2) is 0 Å². The lowest BCUT2D eigenvalue weighted by Crippen LogP contribution is -2.23. The molecule has 0 bridgehead atoms. The summed E-state index contributed by atoms with van der Waals surface area (Å²) in [6.07, 6.45) is 0.751. The van der Waals surface area contributed by atoms with Crippen LogP contribution in [0.2, 0.25) is 0 Å². The Balaban J connectivity index is 2.65.